The van der Waals surface area contributed by atoms with Gasteiger partial charge in [0, 0.05) is 18.5 Å². The van der Waals surface area contributed by atoms with Gasteiger partial charge in [-0.25, -0.2) is 0 Å². The number of primary amides is 1. The van der Waals surface area contributed by atoms with E-state index in [2.05, 4.69) is 27.1 Å². The van der Waals surface area contributed by atoms with E-state index in [1.807, 2.05) is 6.07 Å². The smallest absolute Gasteiger partial charge is 0.284 e. The number of nitrogens with one attached hydrogen (secondary N) is 2. The summed E-state index contributed by atoms with van der Waals surface area (Å²) in [4.78, 5) is 16.4. The van der Waals surface area contributed by atoms with Gasteiger partial charge in [-0.05, 0) is 30.0 Å². The van der Waals surface area contributed by atoms with Gasteiger partial charge in [0.15, 0.2) is 11.7 Å². The van der Waals surface area contributed by atoms with Crippen LogP contribution in [0.25, 0.3) is 0 Å². The maximum absolute atomic E-state index is 10.9. The van der Waals surface area contributed by atoms with Crippen LogP contribution in [0.5, 0.6) is 0 Å². The number of nitrogens with zero attached hydrogens (tertiary/aromatic N) is 1. The van der Waals surface area contributed by atoms with E-state index in [1.165, 1.54) is 4.88 Å². The van der Waals surface area contributed by atoms with Crippen molar-refractivity contribution in [1.82, 2.24) is 10.6 Å². The molecule has 2 aromatic rings. The van der Waals surface area contributed by atoms with Gasteiger partial charge in [-0.1, -0.05) is 6.07 Å². The molecule has 2 heterocycles. The highest BCUT2D eigenvalue weighted by Crippen LogP contribution is 2.08. The first-order chi connectivity index (χ1) is 10.2. The van der Waals surface area contributed by atoms with Crippen LogP contribution in [-0.2, 0) is 13.0 Å². The van der Waals surface area contributed by atoms with E-state index in [1.54, 1.807) is 30.5 Å². The molecule has 0 aliphatic carbocycles. The lowest BCUT2D eigenvalue weighted by Gasteiger charge is -2.10. The van der Waals surface area contributed by atoms with Crippen molar-refractivity contribution in [2.24, 2.45) is 10.7 Å². The zero-order valence-corrected chi connectivity index (χ0v) is 15.3. The average Bonchev–Trinajstić information content (AvgIpc) is 3.13. The molecule has 6 nitrogen and oxygen atoms in total. The van der Waals surface area contributed by atoms with E-state index in [4.69, 9.17) is 10.2 Å². The SMILES string of the molecule is CN=C(NCCc1cccs1)NCc1ccc(C(N)=O)o1.I. The molecule has 0 bridgehead atoms. The molecule has 0 aromatic carbocycles. The Morgan fingerprint density at radius 1 is 1.36 bits per heavy atom. The van der Waals surface area contributed by atoms with E-state index >= 15 is 0 Å². The number of halogens is 1. The summed E-state index contributed by atoms with van der Waals surface area (Å²) >= 11 is 1.74. The minimum atomic E-state index is -0.570. The van der Waals surface area contributed by atoms with Crippen molar-refractivity contribution in [3.05, 3.63) is 46.0 Å². The summed E-state index contributed by atoms with van der Waals surface area (Å²) in [6.07, 6.45) is 0.949. The van der Waals surface area contributed by atoms with Gasteiger partial charge in [0.05, 0.1) is 6.54 Å². The Labute approximate surface area is 150 Å². The molecule has 0 aliphatic rings. The first-order valence-corrected chi connectivity index (χ1v) is 7.42. The van der Waals surface area contributed by atoms with Gasteiger partial charge < -0.3 is 20.8 Å². The minimum Gasteiger partial charge on any atom is -0.454 e. The number of aliphatic imine (C=N–C) groups is 1. The standard InChI is InChI=1S/C14H18N4O2S.HI/c1-16-14(17-7-6-11-3-2-8-21-11)18-9-10-4-5-12(20-10)13(15)19;/h2-5,8H,6-7,9H2,1H3,(H2,15,19)(H2,16,17,18);1H. The molecule has 0 unspecified atom stereocenters. The molecule has 8 heteroatoms. The number of nitrogens with two attached hydrogens (primary N) is 1. The molecule has 2 rings (SSSR count). The van der Waals surface area contributed by atoms with Crippen molar-refractivity contribution in [2.45, 2.75) is 13.0 Å². The van der Waals surface area contributed by atoms with Gasteiger partial charge in [0.1, 0.15) is 5.76 Å². The number of amides is 1. The van der Waals surface area contributed by atoms with Crippen LogP contribution in [0.4, 0.5) is 0 Å². The second-order valence-corrected chi connectivity index (χ2v) is 5.34. The fourth-order valence-electron chi connectivity index (χ4n) is 1.76. The van der Waals surface area contributed by atoms with E-state index in [-0.39, 0.29) is 29.7 Å². The lowest BCUT2D eigenvalue weighted by atomic mass is 10.3. The van der Waals surface area contributed by atoms with Crippen LogP contribution in [0.2, 0.25) is 0 Å². The van der Waals surface area contributed by atoms with Crippen molar-refractivity contribution < 1.29 is 9.21 Å². The predicted molar refractivity (Wildman–Crippen MR) is 98.9 cm³/mol. The Hall–Kier alpha value is -1.55. The molecule has 22 heavy (non-hydrogen) atoms. The van der Waals surface area contributed by atoms with Crippen molar-refractivity contribution in [1.29, 1.82) is 0 Å². The molecule has 0 saturated carbocycles. The van der Waals surface area contributed by atoms with Crippen molar-refractivity contribution in [2.75, 3.05) is 13.6 Å². The molecular weight excluding hydrogens is 415 g/mol. The fraction of sp³-hybridized carbons (Fsp3) is 0.286. The highest BCUT2D eigenvalue weighted by atomic mass is 127. The lowest BCUT2D eigenvalue weighted by molar-refractivity contribution is 0.0972. The van der Waals surface area contributed by atoms with Crippen LogP contribution in [0.15, 0.2) is 39.1 Å². The van der Waals surface area contributed by atoms with E-state index in [0.717, 1.165) is 13.0 Å². The van der Waals surface area contributed by atoms with E-state index < -0.39 is 5.91 Å². The summed E-state index contributed by atoms with van der Waals surface area (Å²) in [7, 11) is 1.71. The fourth-order valence-corrected chi connectivity index (χ4v) is 2.46. The van der Waals surface area contributed by atoms with Crippen LogP contribution in [0, 0.1) is 0 Å². The maximum atomic E-state index is 10.9. The third-order valence-electron chi connectivity index (χ3n) is 2.80. The molecule has 0 spiro atoms. The minimum absolute atomic E-state index is 0. The highest BCUT2D eigenvalue weighted by molar-refractivity contribution is 14.0. The van der Waals surface area contributed by atoms with Gasteiger partial charge in [0.25, 0.3) is 5.91 Å². The number of thiophene rings is 1. The number of carbonyl (C=O) groups is 1. The molecule has 0 saturated heterocycles. The number of rotatable bonds is 6. The van der Waals surface area contributed by atoms with E-state index in [0.29, 0.717) is 18.3 Å². The normalized spacial score (nSPS) is 10.9. The Morgan fingerprint density at radius 3 is 2.77 bits per heavy atom. The van der Waals surface area contributed by atoms with Crippen molar-refractivity contribution in [3.63, 3.8) is 0 Å². The number of hydrogen-bond acceptors (Lipinski definition) is 4. The zero-order valence-electron chi connectivity index (χ0n) is 12.2. The Bertz CT molecular complexity index is 610. The van der Waals surface area contributed by atoms with Crippen LogP contribution in [-0.4, -0.2) is 25.5 Å². The largest absolute Gasteiger partial charge is 0.454 e. The maximum Gasteiger partial charge on any atom is 0.284 e. The van der Waals surface area contributed by atoms with Crippen LogP contribution >= 0.6 is 35.3 Å². The second kappa shape index (κ2) is 9.46. The summed E-state index contributed by atoms with van der Waals surface area (Å²) in [5, 5.41) is 8.40. The topological polar surface area (TPSA) is 92.6 Å². The Morgan fingerprint density at radius 2 is 2.18 bits per heavy atom. The third kappa shape index (κ3) is 5.68. The molecule has 0 aliphatic heterocycles. The monoisotopic (exact) mass is 434 g/mol. The van der Waals surface area contributed by atoms with Crippen molar-refractivity contribution in [3.8, 4) is 0 Å². The Kier molecular flexibility index (Phi) is 7.96. The Balaban J connectivity index is 0.00000242. The number of guanidine groups is 1. The van der Waals surface area contributed by atoms with Gasteiger partial charge in [-0.15, -0.1) is 35.3 Å². The average molecular weight is 434 g/mol. The first kappa shape index (κ1) is 18.5. The summed E-state index contributed by atoms with van der Waals surface area (Å²) < 4.78 is 5.29. The molecular formula is C14H19IN4O2S. The highest BCUT2D eigenvalue weighted by Gasteiger charge is 2.07. The molecule has 0 atom stereocenters. The quantitative estimate of drug-likeness (QED) is 0.368. The predicted octanol–water partition coefficient (Wildman–Crippen LogP) is 1.97. The third-order valence-corrected chi connectivity index (χ3v) is 3.74. The summed E-state index contributed by atoms with van der Waals surface area (Å²) in [6.45, 7) is 1.23. The molecule has 0 radical (unpaired) electrons. The number of hydrogen-bond donors (Lipinski definition) is 3. The summed E-state index contributed by atoms with van der Waals surface area (Å²) in [5.41, 5.74) is 5.13. The van der Waals surface area contributed by atoms with Crippen LogP contribution in [0.1, 0.15) is 21.2 Å². The first-order valence-electron chi connectivity index (χ1n) is 6.54. The lowest BCUT2D eigenvalue weighted by Crippen LogP contribution is -2.37. The van der Waals surface area contributed by atoms with Gasteiger partial charge in [0.2, 0.25) is 0 Å². The second-order valence-electron chi connectivity index (χ2n) is 4.31. The summed E-state index contributed by atoms with van der Waals surface area (Å²) in [5.74, 6) is 0.903. The molecule has 120 valence electrons. The van der Waals surface area contributed by atoms with Gasteiger partial charge in [-0.2, -0.15) is 0 Å². The molecule has 2 aromatic heterocycles. The van der Waals surface area contributed by atoms with Crippen LogP contribution < -0.4 is 16.4 Å². The van der Waals surface area contributed by atoms with Crippen molar-refractivity contribution >= 4 is 47.2 Å². The van der Waals surface area contributed by atoms with Gasteiger partial charge >= 0.3 is 0 Å². The van der Waals surface area contributed by atoms with Crippen LogP contribution in [0.3, 0.4) is 0 Å². The molecule has 0 fully saturated rings. The molecule has 1 amide bonds. The zero-order chi connectivity index (χ0) is 15.1. The number of furan rings is 1. The van der Waals surface area contributed by atoms with E-state index in [9.17, 15) is 4.79 Å². The summed E-state index contributed by atoms with van der Waals surface area (Å²) in [6, 6.07) is 7.43. The number of carbonyl (C=O) groups excluding carboxylic acids is 1. The molecule has 4 N–H and O–H groups in total. The van der Waals surface area contributed by atoms with Gasteiger partial charge in [-0.3, -0.25) is 9.79 Å².